The van der Waals surface area contributed by atoms with Gasteiger partial charge in [0, 0.05) is 16.8 Å². The van der Waals surface area contributed by atoms with Gasteiger partial charge in [-0.3, -0.25) is 0 Å². The van der Waals surface area contributed by atoms with Crippen LogP contribution in [0, 0.1) is 0 Å². The highest BCUT2D eigenvalue weighted by Gasteiger charge is 2.07. The fraction of sp³-hybridized carbons (Fsp3) is 0.200. The number of hydrogen-bond donors (Lipinski definition) is 2. The zero-order chi connectivity index (χ0) is 9.84. The lowest BCUT2D eigenvalue weighted by molar-refractivity contribution is 0.742. The molecule has 13 heavy (non-hydrogen) atoms. The summed E-state index contributed by atoms with van der Waals surface area (Å²) < 4.78 is 0. The number of halogens is 1. The lowest BCUT2D eigenvalue weighted by Crippen LogP contribution is -2.09. The van der Waals surface area contributed by atoms with Gasteiger partial charge in [0.15, 0.2) is 0 Å². The summed E-state index contributed by atoms with van der Waals surface area (Å²) in [6, 6.07) is 5.26. The van der Waals surface area contributed by atoms with E-state index < -0.39 is 0 Å². The Kier molecular flexibility index (Phi) is 3.34. The number of anilines is 1. The van der Waals surface area contributed by atoms with Gasteiger partial charge in [0.25, 0.3) is 0 Å². The molecule has 0 bridgehead atoms. The summed E-state index contributed by atoms with van der Waals surface area (Å²) >= 11 is 5.97. The molecule has 0 aliphatic carbocycles. The number of rotatable bonds is 3. The van der Waals surface area contributed by atoms with Crippen molar-refractivity contribution in [3.63, 3.8) is 0 Å². The van der Waals surface area contributed by atoms with Gasteiger partial charge in [-0.1, -0.05) is 23.7 Å². The Morgan fingerprint density at radius 2 is 2.23 bits per heavy atom. The monoisotopic (exact) mass is 196 g/mol. The largest absolute Gasteiger partial charge is 0.399 e. The molecular formula is C10H13ClN2. The Morgan fingerprint density at radius 1 is 1.54 bits per heavy atom. The number of benzene rings is 1. The van der Waals surface area contributed by atoms with Crippen LogP contribution in [-0.4, -0.2) is 0 Å². The summed E-state index contributed by atoms with van der Waals surface area (Å²) in [5.41, 5.74) is 13.0. The minimum absolute atomic E-state index is 0.0920. The van der Waals surface area contributed by atoms with Crippen molar-refractivity contribution in [3.8, 4) is 0 Å². The van der Waals surface area contributed by atoms with Crippen LogP contribution in [0.1, 0.15) is 18.0 Å². The van der Waals surface area contributed by atoms with Crippen molar-refractivity contribution in [1.29, 1.82) is 0 Å². The van der Waals surface area contributed by atoms with E-state index in [0.29, 0.717) is 17.1 Å². The smallest absolute Gasteiger partial charge is 0.0474 e. The second-order valence-corrected chi connectivity index (χ2v) is 3.32. The molecule has 0 aromatic heterocycles. The average molecular weight is 197 g/mol. The van der Waals surface area contributed by atoms with Crippen LogP contribution in [0.3, 0.4) is 0 Å². The van der Waals surface area contributed by atoms with E-state index in [2.05, 4.69) is 6.58 Å². The summed E-state index contributed by atoms with van der Waals surface area (Å²) in [4.78, 5) is 0. The summed E-state index contributed by atoms with van der Waals surface area (Å²) in [5, 5.41) is 0.620. The lowest BCUT2D eigenvalue weighted by Gasteiger charge is -2.11. The maximum Gasteiger partial charge on any atom is 0.0474 e. The number of hydrogen-bond acceptors (Lipinski definition) is 2. The molecule has 1 aromatic carbocycles. The van der Waals surface area contributed by atoms with Crippen LogP contribution >= 0.6 is 11.6 Å². The van der Waals surface area contributed by atoms with Crippen molar-refractivity contribution in [2.75, 3.05) is 5.73 Å². The molecule has 1 unspecified atom stereocenters. The van der Waals surface area contributed by atoms with E-state index in [-0.39, 0.29) is 6.04 Å². The molecule has 1 rings (SSSR count). The second kappa shape index (κ2) is 4.30. The third kappa shape index (κ3) is 2.47. The van der Waals surface area contributed by atoms with Gasteiger partial charge in [-0.2, -0.15) is 0 Å². The van der Waals surface area contributed by atoms with Gasteiger partial charge >= 0.3 is 0 Å². The first kappa shape index (κ1) is 10.1. The molecule has 0 heterocycles. The molecule has 4 N–H and O–H groups in total. The topological polar surface area (TPSA) is 52.0 Å². The molecule has 0 aliphatic heterocycles. The van der Waals surface area contributed by atoms with Crippen molar-refractivity contribution in [3.05, 3.63) is 41.4 Å². The third-order valence-electron chi connectivity index (χ3n) is 1.84. The summed E-state index contributed by atoms with van der Waals surface area (Å²) in [7, 11) is 0. The molecule has 0 radical (unpaired) electrons. The van der Waals surface area contributed by atoms with Crippen molar-refractivity contribution in [2.24, 2.45) is 5.73 Å². The standard InChI is InChI=1S/C10H13ClN2/c1-2-3-10(13)8-5-4-7(12)6-9(8)11/h2,4-6,10H,1,3,12-13H2. The molecule has 2 nitrogen and oxygen atoms in total. The Hall–Kier alpha value is -0.990. The van der Waals surface area contributed by atoms with E-state index in [4.69, 9.17) is 23.1 Å². The zero-order valence-electron chi connectivity index (χ0n) is 7.33. The predicted octanol–water partition coefficient (Wildman–Crippen LogP) is 2.50. The summed E-state index contributed by atoms with van der Waals surface area (Å²) in [6.07, 6.45) is 2.49. The van der Waals surface area contributed by atoms with Crippen molar-refractivity contribution in [1.82, 2.24) is 0 Å². The quantitative estimate of drug-likeness (QED) is 0.577. The second-order valence-electron chi connectivity index (χ2n) is 2.91. The minimum Gasteiger partial charge on any atom is -0.399 e. The first-order valence-corrected chi connectivity index (χ1v) is 4.44. The Bertz CT molecular complexity index is 310. The van der Waals surface area contributed by atoms with E-state index in [1.165, 1.54) is 0 Å². The first-order valence-electron chi connectivity index (χ1n) is 4.06. The molecule has 1 aromatic rings. The van der Waals surface area contributed by atoms with Gasteiger partial charge in [0.1, 0.15) is 0 Å². The molecule has 0 spiro atoms. The van der Waals surface area contributed by atoms with Gasteiger partial charge in [-0.15, -0.1) is 6.58 Å². The van der Waals surface area contributed by atoms with Gasteiger partial charge in [-0.25, -0.2) is 0 Å². The van der Waals surface area contributed by atoms with Gasteiger partial charge < -0.3 is 11.5 Å². The van der Waals surface area contributed by atoms with Gasteiger partial charge in [0.05, 0.1) is 0 Å². The zero-order valence-corrected chi connectivity index (χ0v) is 8.09. The maximum absolute atomic E-state index is 5.97. The van der Waals surface area contributed by atoms with Crippen LogP contribution in [0.15, 0.2) is 30.9 Å². The highest BCUT2D eigenvalue weighted by molar-refractivity contribution is 6.31. The van der Waals surface area contributed by atoms with Gasteiger partial charge in [0.2, 0.25) is 0 Å². The molecule has 0 saturated heterocycles. The van der Waals surface area contributed by atoms with Crippen LogP contribution in [0.5, 0.6) is 0 Å². The minimum atomic E-state index is -0.0920. The Balaban J connectivity index is 2.94. The molecule has 3 heteroatoms. The summed E-state index contributed by atoms with van der Waals surface area (Å²) in [6.45, 7) is 3.63. The van der Waals surface area contributed by atoms with Crippen LogP contribution in [0.25, 0.3) is 0 Å². The lowest BCUT2D eigenvalue weighted by atomic mass is 10.0. The highest BCUT2D eigenvalue weighted by Crippen LogP contribution is 2.25. The van der Waals surface area contributed by atoms with Crippen molar-refractivity contribution < 1.29 is 0 Å². The molecule has 0 aliphatic rings. The molecule has 0 fully saturated rings. The fourth-order valence-corrected chi connectivity index (χ4v) is 1.48. The normalized spacial score (nSPS) is 12.5. The fourth-order valence-electron chi connectivity index (χ4n) is 1.15. The van der Waals surface area contributed by atoms with Crippen LogP contribution in [-0.2, 0) is 0 Å². The highest BCUT2D eigenvalue weighted by atomic mass is 35.5. The van der Waals surface area contributed by atoms with E-state index in [1.807, 2.05) is 6.07 Å². The first-order chi connectivity index (χ1) is 6.15. The predicted molar refractivity (Wildman–Crippen MR) is 57.6 cm³/mol. The van der Waals surface area contributed by atoms with Crippen LogP contribution in [0.2, 0.25) is 5.02 Å². The maximum atomic E-state index is 5.97. The average Bonchev–Trinajstić information content (AvgIpc) is 2.04. The molecule has 0 amide bonds. The molecule has 0 saturated carbocycles. The van der Waals surface area contributed by atoms with Gasteiger partial charge in [-0.05, 0) is 24.1 Å². The number of nitrogens with two attached hydrogens (primary N) is 2. The summed E-state index contributed by atoms with van der Waals surface area (Å²) in [5.74, 6) is 0. The van der Waals surface area contributed by atoms with E-state index in [1.54, 1.807) is 18.2 Å². The van der Waals surface area contributed by atoms with Crippen molar-refractivity contribution in [2.45, 2.75) is 12.5 Å². The molecule has 1 atom stereocenters. The van der Waals surface area contributed by atoms with E-state index in [9.17, 15) is 0 Å². The Labute approximate surface area is 83.2 Å². The Morgan fingerprint density at radius 3 is 2.77 bits per heavy atom. The molecular weight excluding hydrogens is 184 g/mol. The van der Waals surface area contributed by atoms with Crippen LogP contribution in [0.4, 0.5) is 5.69 Å². The SMILES string of the molecule is C=CCC(N)c1ccc(N)cc1Cl. The third-order valence-corrected chi connectivity index (χ3v) is 2.17. The molecule has 70 valence electrons. The van der Waals surface area contributed by atoms with E-state index in [0.717, 1.165) is 5.56 Å². The van der Waals surface area contributed by atoms with Crippen molar-refractivity contribution >= 4 is 17.3 Å². The van der Waals surface area contributed by atoms with Crippen LogP contribution < -0.4 is 11.5 Å². The number of nitrogen functional groups attached to an aromatic ring is 1. The van der Waals surface area contributed by atoms with E-state index >= 15 is 0 Å².